The number of aromatic nitrogens is 1. The van der Waals surface area contributed by atoms with E-state index in [1.165, 1.54) is 36.3 Å². The Balaban J connectivity index is 1.66. The van der Waals surface area contributed by atoms with Gasteiger partial charge in [0.1, 0.15) is 10.8 Å². The number of halogens is 1. The second-order valence-electron chi connectivity index (χ2n) is 6.70. The molecule has 0 aliphatic heterocycles. The quantitative estimate of drug-likeness (QED) is 0.742. The standard InChI is InChI=1S/C19H21FN2OS/c1-13(19(2)10-11-19)22(3)17(23)9-8-16-12-24-18(21-16)14-4-6-15(20)7-5-14/h4-9,12-13H,10-11H2,1-3H3. The van der Waals surface area contributed by atoms with Gasteiger partial charge >= 0.3 is 0 Å². The highest BCUT2D eigenvalue weighted by molar-refractivity contribution is 7.13. The van der Waals surface area contributed by atoms with Crippen LogP contribution in [0.3, 0.4) is 0 Å². The Morgan fingerprint density at radius 2 is 2.04 bits per heavy atom. The highest BCUT2D eigenvalue weighted by Crippen LogP contribution is 2.49. The molecule has 24 heavy (non-hydrogen) atoms. The molecule has 0 bridgehead atoms. The van der Waals surface area contributed by atoms with Crippen LogP contribution in [0.2, 0.25) is 0 Å². The van der Waals surface area contributed by atoms with E-state index in [2.05, 4.69) is 18.8 Å². The second-order valence-corrected chi connectivity index (χ2v) is 7.55. The molecule has 1 heterocycles. The fourth-order valence-electron chi connectivity index (χ4n) is 2.64. The molecule has 1 saturated carbocycles. The number of rotatable bonds is 5. The van der Waals surface area contributed by atoms with Gasteiger partial charge in [0, 0.05) is 30.1 Å². The first-order valence-corrected chi connectivity index (χ1v) is 8.93. The number of benzene rings is 1. The molecular weight excluding hydrogens is 323 g/mol. The van der Waals surface area contributed by atoms with Crippen LogP contribution < -0.4 is 0 Å². The Morgan fingerprint density at radius 3 is 2.67 bits per heavy atom. The average molecular weight is 344 g/mol. The molecule has 0 radical (unpaired) electrons. The Hall–Kier alpha value is -2.01. The normalized spacial score (nSPS) is 17.0. The summed E-state index contributed by atoms with van der Waals surface area (Å²) in [5.74, 6) is -0.269. The third-order valence-electron chi connectivity index (χ3n) is 4.99. The van der Waals surface area contributed by atoms with E-state index in [0.717, 1.165) is 16.3 Å². The maximum absolute atomic E-state index is 13.0. The number of hydrogen-bond donors (Lipinski definition) is 0. The summed E-state index contributed by atoms with van der Waals surface area (Å²) in [6, 6.07) is 6.49. The lowest BCUT2D eigenvalue weighted by atomic mass is 9.99. The van der Waals surface area contributed by atoms with Crippen LogP contribution in [0.15, 0.2) is 35.7 Å². The monoisotopic (exact) mass is 344 g/mol. The van der Waals surface area contributed by atoms with Gasteiger partial charge in [-0.25, -0.2) is 9.37 Å². The number of carbonyl (C=O) groups is 1. The summed E-state index contributed by atoms with van der Waals surface area (Å²) in [6.45, 7) is 4.33. The third-order valence-corrected chi connectivity index (χ3v) is 5.90. The summed E-state index contributed by atoms with van der Waals surface area (Å²) in [5, 5.41) is 2.71. The molecule has 1 atom stereocenters. The minimum Gasteiger partial charge on any atom is -0.339 e. The van der Waals surface area contributed by atoms with Crippen LogP contribution in [-0.4, -0.2) is 28.9 Å². The summed E-state index contributed by atoms with van der Waals surface area (Å²) in [6.07, 6.45) is 5.68. The van der Waals surface area contributed by atoms with E-state index in [1.54, 1.807) is 29.2 Å². The Morgan fingerprint density at radius 1 is 1.38 bits per heavy atom. The van der Waals surface area contributed by atoms with Crippen LogP contribution in [0, 0.1) is 11.2 Å². The fourth-order valence-corrected chi connectivity index (χ4v) is 3.43. The predicted molar refractivity (Wildman–Crippen MR) is 96.1 cm³/mol. The Kier molecular flexibility index (Phi) is 4.54. The number of hydrogen-bond acceptors (Lipinski definition) is 3. The van der Waals surface area contributed by atoms with Crippen molar-refractivity contribution in [3.8, 4) is 10.6 Å². The van der Waals surface area contributed by atoms with Crippen molar-refractivity contribution in [1.29, 1.82) is 0 Å². The first kappa shape index (κ1) is 16.8. The van der Waals surface area contributed by atoms with Gasteiger partial charge < -0.3 is 4.90 Å². The van der Waals surface area contributed by atoms with Crippen molar-refractivity contribution < 1.29 is 9.18 Å². The van der Waals surface area contributed by atoms with Crippen molar-refractivity contribution in [2.45, 2.75) is 32.7 Å². The van der Waals surface area contributed by atoms with Gasteiger partial charge in [-0.2, -0.15) is 0 Å². The zero-order valence-electron chi connectivity index (χ0n) is 14.1. The van der Waals surface area contributed by atoms with Crippen LogP contribution in [0.1, 0.15) is 32.4 Å². The van der Waals surface area contributed by atoms with Gasteiger partial charge in [-0.3, -0.25) is 4.79 Å². The first-order chi connectivity index (χ1) is 11.4. The Bertz CT molecular complexity index is 762. The highest BCUT2D eigenvalue weighted by atomic mass is 32.1. The van der Waals surface area contributed by atoms with Crippen LogP contribution in [0.4, 0.5) is 4.39 Å². The van der Waals surface area contributed by atoms with Crippen molar-refractivity contribution in [2.75, 3.05) is 7.05 Å². The average Bonchev–Trinajstić information content (AvgIpc) is 3.16. The molecule has 1 aromatic carbocycles. The van der Waals surface area contributed by atoms with E-state index in [-0.39, 0.29) is 23.2 Å². The van der Waals surface area contributed by atoms with Crippen molar-refractivity contribution >= 4 is 23.3 Å². The Labute approximate surface area is 145 Å². The predicted octanol–water partition coefficient (Wildman–Crippen LogP) is 4.61. The smallest absolute Gasteiger partial charge is 0.246 e. The van der Waals surface area contributed by atoms with E-state index in [4.69, 9.17) is 0 Å². The molecule has 1 aliphatic rings. The maximum Gasteiger partial charge on any atom is 0.246 e. The molecule has 5 heteroatoms. The molecule has 1 fully saturated rings. The number of thiazole rings is 1. The molecule has 3 nitrogen and oxygen atoms in total. The van der Waals surface area contributed by atoms with Crippen LogP contribution in [0.25, 0.3) is 16.6 Å². The van der Waals surface area contributed by atoms with Crippen molar-refractivity contribution in [2.24, 2.45) is 5.41 Å². The van der Waals surface area contributed by atoms with Gasteiger partial charge in [-0.1, -0.05) is 6.92 Å². The molecule has 3 rings (SSSR count). The van der Waals surface area contributed by atoms with Crippen molar-refractivity contribution in [3.05, 3.63) is 47.2 Å². The van der Waals surface area contributed by atoms with Crippen molar-refractivity contribution in [3.63, 3.8) is 0 Å². The van der Waals surface area contributed by atoms with E-state index in [1.807, 2.05) is 12.4 Å². The van der Waals surface area contributed by atoms with E-state index < -0.39 is 0 Å². The molecule has 126 valence electrons. The molecule has 0 saturated heterocycles. The lowest BCUT2D eigenvalue weighted by molar-refractivity contribution is -0.127. The van der Waals surface area contributed by atoms with E-state index in [0.29, 0.717) is 0 Å². The molecule has 0 N–H and O–H groups in total. The van der Waals surface area contributed by atoms with Crippen LogP contribution in [-0.2, 0) is 4.79 Å². The molecule has 1 unspecified atom stereocenters. The van der Waals surface area contributed by atoms with E-state index >= 15 is 0 Å². The minimum absolute atomic E-state index is 0.00745. The first-order valence-electron chi connectivity index (χ1n) is 8.05. The summed E-state index contributed by atoms with van der Waals surface area (Å²) in [5.41, 5.74) is 1.89. The van der Waals surface area contributed by atoms with Crippen LogP contribution in [0.5, 0.6) is 0 Å². The molecule has 1 aliphatic carbocycles. The maximum atomic E-state index is 13.0. The van der Waals surface area contributed by atoms with E-state index in [9.17, 15) is 9.18 Å². The largest absolute Gasteiger partial charge is 0.339 e. The zero-order valence-corrected chi connectivity index (χ0v) is 14.9. The van der Waals surface area contributed by atoms with Gasteiger partial charge in [-0.15, -0.1) is 11.3 Å². The summed E-state index contributed by atoms with van der Waals surface area (Å²) < 4.78 is 13.0. The van der Waals surface area contributed by atoms with Gasteiger partial charge in [0.2, 0.25) is 5.91 Å². The van der Waals surface area contributed by atoms with Gasteiger partial charge in [0.15, 0.2) is 0 Å². The third kappa shape index (κ3) is 3.56. The minimum atomic E-state index is -0.262. The number of carbonyl (C=O) groups excluding carboxylic acids is 1. The van der Waals surface area contributed by atoms with Gasteiger partial charge in [0.05, 0.1) is 5.69 Å². The number of nitrogens with zero attached hydrogens (tertiary/aromatic N) is 2. The molecule has 1 aromatic heterocycles. The zero-order chi connectivity index (χ0) is 17.3. The fraction of sp³-hybridized carbons (Fsp3) is 0.368. The number of likely N-dealkylation sites (N-methyl/N-ethyl adjacent to an activating group) is 1. The molecule has 1 amide bonds. The number of amides is 1. The lowest BCUT2D eigenvalue weighted by Crippen LogP contribution is -2.39. The molecular formula is C19H21FN2OS. The van der Waals surface area contributed by atoms with Gasteiger partial charge in [0.25, 0.3) is 0 Å². The highest BCUT2D eigenvalue weighted by Gasteiger charge is 2.44. The summed E-state index contributed by atoms with van der Waals surface area (Å²) in [4.78, 5) is 18.6. The topological polar surface area (TPSA) is 33.2 Å². The summed E-state index contributed by atoms with van der Waals surface area (Å²) >= 11 is 1.48. The SMILES string of the molecule is CC(N(C)C(=O)C=Cc1csc(-c2ccc(F)cc2)n1)C1(C)CC1. The second kappa shape index (κ2) is 6.48. The molecule has 2 aromatic rings. The van der Waals surface area contributed by atoms with Gasteiger partial charge in [-0.05, 0) is 55.5 Å². The molecule has 0 spiro atoms. The van der Waals surface area contributed by atoms with Crippen LogP contribution >= 0.6 is 11.3 Å². The summed E-state index contributed by atoms with van der Waals surface area (Å²) in [7, 11) is 1.85. The van der Waals surface area contributed by atoms with Crippen molar-refractivity contribution in [1.82, 2.24) is 9.88 Å². The lowest BCUT2D eigenvalue weighted by Gasteiger charge is -2.29.